The third kappa shape index (κ3) is 1.75. The molecule has 3 N–H and O–H groups in total. The number of aliphatic hydroxyl groups excluding tert-OH is 1. The SMILES string of the molecule is CCC(O)n1c(=O)[nH]c(=O)[nH]c1=O. The molecule has 0 aliphatic carbocycles. The molecular formula is C6H9N3O4. The first kappa shape index (κ1) is 9.46. The number of rotatable bonds is 2. The Balaban J connectivity index is 3.47. The lowest BCUT2D eigenvalue weighted by Crippen LogP contribution is -2.45. The van der Waals surface area contributed by atoms with Crippen LogP contribution in [-0.2, 0) is 0 Å². The summed E-state index contributed by atoms with van der Waals surface area (Å²) < 4.78 is 0.543. The van der Waals surface area contributed by atoms with E-state index >= 15 is 0 Å². The molecule has 7 nitrogen and oxygen atoms in total. The minimum absolute atomic E-state index is 0.203. The molecule has 0 aromatic carbocycles. The first-order valence-electron chi connectivity index (χ1n) is 3.69. The highest BCUT2D eigenvalue weighted by Crippen LogP contribution is 1.96. The van der Waals surface area contributed by atoms with Gasteiger partial charge in [0.2, 0.25) is 0 Å². The predicted molar refractivity (Wildman–Crippen MR) is 43.5 cm³/mol. The molecule has 0 amide bonds. The minimum atomic E-state index is -1.21. The minimum Gasteiger partial charge on any atom is -0.373 e. The van der Waals surface area contributed by atoms with Gasteiger partial charge in [-0.3, -0.25) is 9.97 Å². The van der Waals surface area contributed by atoms with Crippen LogP contribution in [0.5, 0.6) is 0 Å². The fourth-order valence-corrected chi connectivity index (χ4v) is 0.891. The van der Waals surface area contributed by atoms with Crippen molar-refractivity contribution in [1.29, 1.82) is 0 Å². The van der Waals surface area contributed by atoms with Crippen molar-refractivity contribution in [2.24, 2.45) is 0 Å². The molecule has 7 heteroatoms. The van der Waals surface area contributed by atoms with Crippen molar-refractivity contribution in [2.75, 3.05) is 0 Å². The number of aliphatic hydroxyl groups is 1. The van der Waals surface area contributed by atoms with Crippen LogP contribution in [0, 0.1) is 0 Å². The number of H-pyrrole nitrogens is 2. The quantitative estimate of drug-likeness (QED) is 0.503. The van der Waals surface area contributed by atoms with E-state index in [4.69, 9.17) is 0 Å². The van der Waals surface area contributed by atoms with E-state index in [2.05, 4.69) is 0 Å². The van der Waals surface area contributed by atoms with E-state index in [1.807, 2.05) is 9.97 Å². The van der Waals surface area contributed by atoms with Crippen molar-refractivity contribution in [2.45, 2.75) is 19.6 Å². The smallest absolute Gasteiger partial charge is 0.335 e. The molecule has 1 rings (SSSR count). The summed E-state index contributed by atoms with van der Waals surface area (Å²) in [7, 11) is 0. The maximum absolute atomic E-state index is 11.0. The monoisotopic (exact) mass is 187 g/mol. The second-order valence-electron chi connectivity index (χ2n) is 2.45. The number of aromatic amines is 2. The summed E-state index contributed by atoms with van der Waals surface area (Å²) in [5, 5.41) is 9.20. The molecular weight excluding hydrogens is 178 g/mol. The van der Waals surface area contributed by atoms with E-state index in [0.29, 0.717) is 4.57 Å². The summed E-state index contributed by atoms with van der Waals surface area (Å²) in [6.07, 6.45) is -1.01. The molecule has 0 fully saturated rings. The van der Waals surface area contributed by atoms with Crippen LogP contribution >= 0.6 is 0 Å². The van der Waals surface area contributed by atoms with Crippen LogP contribution < -0.4 is 17.1 Å². The number of nitrogens with zero attached hydrogens (tertiary/aromatic N) is 1. The molecule has 0 radical (unpaired) electrons. The van der Waals surface area contributed by atoms with Gasteiger partial charge in [-0.25, -0.2) is 19.0 Å². The van der Waals surface area contributed by atoms with E-state index in [-0.39, 0.29) is 6.42 Å². The summed E-state index contributed by atoms with van der Waals surface area (Å²) in [5.74, 6) is 0. The Hall–Kier alpha value is -1.63. The summed E-state index contributed by atoms with van der Waals surface area (Å²) in [6.45, 7) is 1.60. The van der Waals surface area contributed by atoms with E-state index in [1.165, 1.54) is 0 Å². The van der Waals surface area contributed by atoms with Crippen LogP contribution in [-0.4, -0.2) is 19.6 Å². The van der Waals surface area contributed by atoms with Gasteiger partial charge in [0.1, 0.15) is 6.23 Å². The Labute approximate surface area is 71.7 Å². The topological polar surface area (TPSA) is 108 Å². The molecule has 0 aliphatic heterocycles. The van der Waals surface area contributed by atoms with E-state index < -0.39 is 23.3 Å². The van der Waals surface area contributed by atoms with Crippen LogP contribution in [0.2, 0.25) is 0 Å². The number of hydrogen-bond acceptors (Lipinski definition) is 4. The third-order valence-electron chi connectivity index (χ3n) is 1.54. The lowest BCUT2D eigenvalue weighted by molar-refractivity contribution is 0.0892. The van der Waals surface area contributed by atoms with E-state index in [1.54, 1.807) is 6.92 Å². The van der Waals surface area contributed by atoms with Gasteiger partial charge >= 0.3 is 17.1 Å². The van der Waals surface area contributed by atoms with Crippen molar-refractivity contribution >= 4 is 0 Å². The maximum Gasteiger partial charge on any atom is 0.335 e. The van der Waals surface area contributed by atoms with Crippen LogP contribution in [0.15, 0.2) is 14.4 Å². The molecule has 1 heterocycles. The molecule has 0 spiro atoms. The molecule has 1 aromatic rings. The van der Waals surface area contributed by atoms with Gasteiger partial charge in [-0.1, -0.05) is 6.92 Å². The highest BCUT2D eigenvalue weighted by Gasteiger charge is 2.09. The van der Waals surface area contributed by atoms with Gasteiger partial charge in [0.15, 0.2) is 0 Å². The van der Waals surface area contributed by atoms with Crippen molar-refractivity contribution < 1.29 is 5.11 Å². The molecule has 0 aliphatic rings. The molecule has 0 bridgehead atoms. The molecule has 0 saturated carbocycles. The average Bonchev–Trinajstić information content (AvgIpc) is 2.02. The largest absolute Gasteiger partial charge is 0.373 e. The van der Waals surface area contributed by atoms with Gasteiger partial charge in [0, 0.05) is 0 Å². The molecule has 1 atom stereocenters. The number of hydrogen-bond donors (Lipinski definition) is 3. The second-order valence-corrected chi connectivity index (χ2v) is 2.45. The van der Waals surface area contributed by atoms with Crippen LogP contribution in [0.1, 0.15) is 19.6 Å². The van der Waals surface area contributed by atoms with E-state index in [0.717, 1.165) is 0 Å². The molecule has 1 unspecified atom stereocenters. The van der Waals surface area contributed by atoms with Gasteiger partial charge in [-0.15, -0.1) is 0 Å². The zero-order chi connectivity index (χ0) is 10.0. The molecule has 0 saturated heterocycles. The van der Waals surface area contributed by atoms with Crippen LogP contribution in [0.25, 0.3) is 0 Å². The van der Waals surface area contributed by atoms with Crippen LogP contribution in [0.4, 0.5) is 0 Å². The summed E-state index contributed by atoms with van der Waals surface area (Å²) in [4.78, 5) is 36.2. The Morgan fingerprint density at radius 2 is 1.77 bits per heavy atom. The summed E-state index contributed by atoms with van der Waals surface area (Å²) >= 11 is 0. The Morgan fingerprint density at radius 1 is 1.31 bits per heavy atom. The predicted octanol–water partition coefficient (Wildman–Crippen LogP) is -1.87. The number of nitrogens with one attached hydrogen (secondary N) is 2. The fraction of sp³-hybridized carbons (Fsp3) is 0.500. The zero-order valence-electron chi connectivity index (χ0n) is 6.90. The second kappa shape index (κ2) is 3.40. The van der Waals surface area contributed by atoms with Crippen molar-refractivity contribution in [3.8, 4) is 0 Å². The maximum atomic E-state index is 11.0. The third-order valence-corrected chi connectivity index (χ3v) is 1.54. The van der Waals surface area contributed by atoms with Crippen molar-refractivity contribution in [3.05, 3.63) is 31.5 Å². The van der Waals surface area contributed by atoms with Gasteiger partial charge in [-0.05, 0) is 6.42 Å². The van der Waals surface area contributed by atoms with Crippen molar-refractivity contribution in [1.82, 2.24) is 14.5 Å². The summed E-state index contributed by atoms with van der Waals surface area (Å²) in [5.41, 5.74) is -2.71. The first-order chi connectivity index (χ1) is 6.06. The van der Waals surface area contributed by atoms with Crippen molar-refractivity contribution in [3.63, 3.8) is 0 Å². The highest BCUT2D eigenvalue weighted by molar-refractivity contribution is 4.71. The van der Waals surface area contributed by atoms with Crippen LogP contribution in [0.3, 0.4) is 0 Å². The van der Waals surface area contributed by atoms with Gasteiger partial charge < -0.3 is 5.11 Å². The Kier molecular flexibility index (Phi) is 2.47. The lowest BCUT2D eigenvalue weighted by Gasteiger charge is -2.07. The van der Waals surface area contributed by atoms with Gasteiger partial charge in [0.05, 0.1) is 0 Å². The normalized spacial score (nSPS) is 12.8. The van der Waals surface area contributed by atoms with Gasteiger partial charge in [0.25, 0.3) is 0 Å². The average molecular weight is 187 g/mol. The highest BCUT2D eigenvalue weighted by atomic mass is 16.3. The lowest BCUT2D eigenvalue weighted by atomic mass is 10.4. The van der Waals surface area contributed by atoms with E-state index in [9.17, 15) is 19.5 Å². The molecule has 1 aromatic heterocycles. The standard InChI is InChI=1S/C6H9N3O4/c1-2-3(10)9-5(12)7-4(11)8-6(9)13/h3,10H,2H2,1H3,(H2,7,8,11,12,13). The zero-order valence-corrected chi connectivity index (χ0v) is 6.90. The number of aromatic nitrogens is 3. The fourth-order valence-electron chi connectivity index (χ4n) is 0.891. The Morgan fingerprint density at radius 3 is 2.15 bits per heavy atom. The Bertz CT molecular complexity index is 420. The molecule has 13 heavy (non-hydrogen) atoms. The molecule has 72 valence electrons. The first-order valence-corrected chi connectivity index (χ1v) is 3.69. The van der Waals surface area contributed by atoms with Gasteiger partial charge in [-0.2, -0.15) is 0 Å². The summed E-state index contributed by atoms with van der Waals surface area (Å²) in [6, 6.07) is 0.